The molecule has 1 aromatic carbocycles. The van der Waals surface area contributed by atoms with Gasteiger partial charge >= 0.3 is 0 Å². The van der Waals surface area contributed by atoms with Gasteiger partial charge in [0.25, 0.3) is 0 Å². The summed E-state index contributed by atoms with van der Waals surface area (Å²) in [5.41, 5.74) is 0. The summed E-state index contributed by atoms with van der Waals surface area (Å²) < 4.78 is 54.7. The van der Waals surface area contributed by atoms with Gasteiger partial charge in [-0.1, -0.05) is 0 Å². The summed E-state index contributed by atoms with van der Waals surface area (Å²) in [5.74, 6) is -1.72. The second-order valence-corrected chi connectivity index (χ2v) is 6.99. The Labute approximate surface area is 126 Å². The summed E-state index contributed by atoms with van der Waals surface area (Å²) in [6.45, 7) is 0.450. The van der Waals surface area contributed by atoms with E-state index in [0.717, 1.165) is 12.1 Å². The van der Waals surface area contributed by atoms with Crippen LogP contribution in [-0.2, 0) is 10.0 Å². The second-order valence-electron chi connectivity index (χ2n) is 5.09. The van der Waals surface area contributed by atoms with Crippen LogP contribution in [0.25, 0.3) is 0 Å². The highest BCUT2D eigenvalue weighted by Gasteiger charge is 2.32. The highest BCUT2D eigenvalue weighted by Crippen LogP contribution is 2.27. The van der Waals surface area contributed by atoms with Crippen LogP contribution in [0, 0.1) is 11.6 Å². The standard InChI is InChI=1S/C13H14F2N4O2S/c14-10-1-2-12(15)13(7-10)22(20,21)18-5-3-11(4-6-18)19-9-16-8-17-19/h1-2,7-9,11H,3-6H2. The van der Waals surface area contributed by atoms with Gasteiger partial charge in [0, 0.05) is 13.1 Å². The Balaban J connectivity index is 1.79. The number of rotatable bonds is 3. The molecule has 2 heterocycles. The van der Waals surface area contributed by atoms with E-state index in [2.05, 4.69) is 10.1 Å². The van der Waals surface area contributed by atoms with Crippen molar-refractivity contribution in [3.63, 3.8) is 0 Å². The molecular weight excluding hydrogens is 314 g/mol. The van der Waals surface area contributed by atoms with Gasteiger partial charge in [-0.3, -0.25) is 0 Å². The molecule has 1 aliphatic heterocycles. The molecule has 0 spiro atoms. The van der Waals surface area contributed by atoms with Crippen molar-refractivity contribution in [3.8, 4) is 0 Å². The maximum atomic E-state index is 13.7. The topological polar surface area (TPSA) is 68.1 Å². The van der Waals surface area contributed by atoms with Gasteiger partial charge in [0.05, 0.1) is 6.04 Å². The van der Waals surface area contributed by atoms with Gasteiger partial charge in [0.1, 0.15) is 29.2 Å². The first-order chi connectivity index (χ1) is 10.5. The van der Waals surface area contributed by atoms with E-state index in [1.54, 1.807) is 11.0 Å². The molecule has 0 amide bonds. The zero-order chi connectivity index (χ0) is 15.7. The zero-order valence-electron chi connectivity index (χ0n) is 11.6. The smallest absolute Gasteiger partial charge is 0.246 e. The first kappa shape index (κ1) is 15.0. The summed E-state index contributed by atoms with van der Waals surface area (Å²) in [5, 5.41) is 4.04. The van der Waals surface area contributed by atoms with E-state index >= 15 is 0 Å². The van der Waals surface area contributed by atoms with Crippen molar-refractivity contribution < 1.29 is 17.2 Å². The van der Waals surface area contributed by atoms with Crippen LogP contribution >= 0.6 is 0 Å². The SMILES string of the molecule is O=S(=O)(c1cc(F)ccc1F)N1CCC(n2cncn2)CC1. The Hall–Kier alpha value is -1.87. The fourth-order valence-corrected chi connectivity index (χ4v) is 4.11. The fourth-order valence-electron chi connectivity index (χ4n) is 2.57. The Bertz CT molecular complexity index is 756. The molecule has 118 valence electrons. The van der Waals surface area contributed by atoms with Crippen LogP contribution in [0.4, 0.5) is 8.78 Å². The molecule has 6 nitrogen and oxygen atoms in total. The normalized spacial score (nSPS) is 17.7. The molecule has 3 rings (SSSR count). The summed E-state index contributed by atoms with van der Waals surface area (Å²) in [6.07, 6.45) is 4.09. The number of halogens is 2. The van der Waals surface area contributed by atoms with Crippen molar-refractivity contribution in [1.29, 1.82) is 0 Å². The number of aromatic nitrogens is 3. The minimum atomic E-state index is -4.03. The van der Waals surface area contributed by atoms with E-state index < -0.39 is 26.6 Å². The lowest BCUT2D eigenvalue weighted by Gasteiger charge is -2.31. The average molecular weight is 328 g/mol. The van der Waals surface area contributed by atoms with E-state index in [4.69, 9.17) is 0 Å². The van der Waals surface area contributed by atoms with Crippen molar-refractivity contribution in [2.75, 3.05) is 13.1 Å². The quantitative estimate of drug-likeness (QED) is 0.858. The van der Waals surface area contributed by atoms with Gasteiger partial charge in [0.2, 0.25) is 10.0 Å². The third-order valence-corrected chi connectivity index (χ3v) is 5.66. The van der Waals surface area contributed by atoms with Gasteiger partial charge in [-0.25, -0.2) is 26.9 Å². The van der Waals surface area contributed by atoms with Crippen LogP contribution in [0.2, 0.25) is 0 Å². The Morgan fingerprint density at radius 2 is 1.91 bits per heavy atom. The zero-order valence-corrected chi connectivity index (χ0v) is 12.4. The summed E-state index contributed by atoms with van der Waals surface area (Å²) in [7, 11) is -4.03. The van der Waals surface area contributed by atoms with E-state index in [1.807, 2.05) is 0 Å². The second kappa shape index (κ2) is 5.73. The summed E-state index contributed by atoms with van der Waals surface area (Å²) in [4.78, 5) is 3.24. The van der Waals surface area contributed by atoms with Gasteiger partial charge in [0.15, 0.2) is 0 Å². The number of piperidine rings is 1. The van der Waals surface area contributed by atoms with E-state index in [1.165, 1.54) is 10.6 Å². The summed E-state index contributed by atoms with van der Waals surface area (Å²) >= 11 is 0. The largest absolute Gasteiger partial charge is 0.250 e. The van der Waals surface area contributed by atoms with Crippen molar-refractivity contribution in [2.24, 2.45) is 0 Å². The first-order valence-corrected chi connectivity index (χ1v) is 8.22. The number of hydrogen-bond donors (Lipinski definition) is 0. The molecule has 9 heteroatoms. The third-order valence-electron chi connectivity index (χ3n) is 3.75. The molecule has 1 fully saturated rings. The Morgan fingerprint density at radius 1 is 1.18 bits per heavy atom. The molecule has 1 saturated heterocycles. The predicted octanol–water partition coefficient (Wildman–Crippen LogP) is 1.58. The molecule has 1 aromatic heterocycles. The van der Waals surface area contributed by atoms with Crippen molar-refractivity contribution in [3.05, 3.63) is 42.5 Å². The highest BCUT2D eigenvalue weighted by molar-refractivity contribution is 7.89. The molecule has 2 aromatic rings. The van der Waals surface area contributed by atoms with E-state index in [0.29, 0.717) is 18.9 Å². The molecule has 0 radical (unpaired) electrons. The van der Waals surface area contributed by atoms with Gasteiger partial charge in [-0.2, -0.15) is 9.40 Å². The predicted molar refractivity (Wildman–Crippen MR) is 73.4 cm³/mol. The van der Waals surface area contributed by atoms with Crippen LogP contribution in [0.3, 0.4) is 0 Å². The molecule has 0 N–H and O–H groups in total. The fraction of sp³-hybridized carbons (Fsp3) is 0.385. The highest BCUT2D eigenvalue weighted by atomic mass is 32.2. The minimum Gasteiger partial charge on any atom is -0.250 e. The van der Waals surface area contributed by atoms with Crippen molar-refractivity contribution >= 4 is 10.0 Å². The number of benzene rings is 1. The molecular formula is C13H14F2N4O2S. The van der Waals surface area contributed by atoms with Crippen LogP contribution in [0.5, 0.6) is 0 Å². The molecule has 0 atom stereocenters. The van der Waals surface area contributed by atoms with Gasteiger partial charge < -0.3 is 0 Å². The van der Waals surface area contributed by atoms with Crippen LogP contribution < -0.4 is 0 Å². The monoisotopic (exact) mass is 328 g/mol. The van der Waals surface area contributed by atoms with Crippen molar-refractivity contribution in [1.82, 2.24) is 19.1 Å². The molecule has 0 aliphatic carbocycles. The van der Waals surface area contributed by atoms with Crippen LogP contribution in [0.1, 0.15) is 18.9 Å². The molecule has 1 aliphatic rings. The lowest BCUT2D eigenvalue weighted by molar-refractivity contribution is 0.260. The Morgan fingerprint density at radius 3 is 2.55 bits per heavy atom. The molecule has 0 bridgehead atoms. The molecule has 0 saturated carbocycles. The van der Waals surface area contributed by atoms with Crippen molar-refractivity contribution in [2.45, 2.75) is 23.8 Å². The van der Waals surface area contributed by atoms with E-state index in [-0.39, 0.29) is 19.1 Å². The summed E-state index contributed by atoms with van der Waals surface area (Å²) in [6, 6.07) is 2.50. The molecule has 22 heavy (non-hydrogen) atoms. The molecule has 0 unspecified atom stereocenters. The van der Waals surface area contributed by atoms with Gasteiger partial charge in [-0.15, -0.1) is 0 Å². The maximum absolute atomic E-state index is 13.7. The van der Waals surface area contributed by atoms with Crippen LogP contribution in [-0.4, -0.2) is 40.6 Å². The third kappa shape index (κ3) is 2.73. The number of hydrogen-bond acceptors (Lipinski definition) is 4. The van der Waals surface area contributed by atoms with Crippen LogP contribution in [0.15, 0.2) is 35.7 Å². The number of sulfonamides is 1. The lowest BCUT2D eigenvalue weighted by Crippen LogP contribution is -2.39. The lowest BCUT2D eigenvalue weighted by atomic mass is 10.1. The first-order valence-electron chi connectivity index (χ1n) is 6.78. The Kier molecular flexibility index (Phi) is 3.92. The minimum absolute atomic E-state index is 0.0614. The average Bonchev–Trinajstić information content (AvgIpc) is 3.04. The maximum Gasteiger partial charge on any atom is 0.246 e. The van der Waals surface area contributed by atoms with E-state index in [9.17, 15) is 17.2 Å². The van der Waals surface area contributed by atoms with Gasteiger partial charge in [-0.05, 0) is 31.0 Å². The number of nitrogens with zero attached hydrogens (tertiary/aromatic N) is 4.